The third kappa shape index (κ3) is 4.08. The quantitative estimate of drug-likeness (QED) is 0.907. The largest absolute Gasteiger partial charge is 0.444 e. The van der Waals surface area contributed by atoms with Crippen LogP contribution in [0.25, 0.3) is 0 Å². The van der Waals surface area contributed by atoms with Gasteiger partial charge in [-0.2, -0.15) is 0 Å². The van der Waals surface area contributed by atoms with E-state index in [-0.39, 0.29) is 37.0 Å². The highest BCUT2D eigenvalue weighted by Gasteiger charge is 2.24. The molecule has 1 saturated heterocycles. The topological polar surface area (TPSA) is 41.6 Å². The molecule has 0 radical (unpaired) electrons. The summed E-state index contributed by atoms with van der Waals surface area (Å²) in [5, 5.41) is 3.19. The van der Waals surface area contributed by atoms with Crippen LogP contribution in [0, 0.1) is 5.82 Å². The number of nitrogens with one attached hydrogen (secondary N) is 1. The average Bonchev–Trinajstić information content (AvgIpc) is 2.38. The van der Waals surface area contributed by atoms with Crippen molar-refractivity contribution >= 4 is 18.5 Å². The van der Waals surface area contributed by atoms with Crippen molar-refractivity contribution < 1.29 is 13.9 Å². The van der Waals surface area contributed by atoms with Crippen LogP contribution in [-0.2, 0) is 11.3 Å². The van der Waals surface area contributed by atoms with Crippen molar-refractivity contribution in [2.45, 2.75) is 19.6 Å². The van der Waals surface area contributed by atoms with E-state index in [0.717, 1.165) is 13.1 Å². The molecule has 6 heteroatoms. The third-order valence-electron chi connectivity index (χ3n) is 3.04. The Kier molecular flexibility index (Phi) is 6.05. The summed E-state index contributed by atoms with van der Waals surface area (Å²) in [7, 11) is 0. The van der Waals surface area contributed by atoms with Gasteiger partial charge in [0.15, 0.2) is 0 Å². The van der Waals surface area contributed by atoms with Crippen molar-refractivity contribution in [1.82, 2.24) is 10.2 Å². The zero-order valence-corrected chi connectivity index (χ0v) is 11.6. The van der Waals surface area contributed by atoms with Crippen molar-refractivity contribution in [1.29, 1.82) is 0 Å². The van der Waals surface area contributed by atoms with E-state index in [0.29, 0.717) is 12.1 Å². The smallest absolute Gasteiger partial charge is 0.410 e. The number of nitrogens with zero attached hydrogens (tertiary/aromatic N) is 1. The Morgan fingerprint density at radius 2 is 2.26 bits per heavy atom. The molecule has 4 nitrogen and oxygen atoms in total. The third-order valence-corrected chi connectivity index (χ3v) is 3.04. The molecule has 2 rings (SSSR count). The lowest BCUT2D eigenvalue weighted by Crippen LogP contribution is -2.52. The molecule has 1 aliphatic rings. The van der Waals surface area contributed by atoms with Crippen LogP contribution in [0.1, 0.15) is 12.5 Å². The summed E-state index contributed by atoms with van der Waals surface area (Å²) < 4.78 is 18.5. The summed E-state index contributed by atoms with van der Waals surface area (Å²) in [4.78, 5) is 13.5. The fourth-order valence-electron chi connectivity index (χ4n) is 1.95. The number of hydrogen-bond donors (Lipinski definition) is 1. The molecular weight excluding hydrogens is 271 g/mol. The van der Waals surface area contributed by atoms with Gasteiger partial charge in [0.1, 0.15) is 12.4 Å². The maximum absolute atomic E-state index is 13.3. The van der Waals surface area contributed by atoms with Gasteiger partial charge >= 0.3 is 6.09 Å². The minimum atomic E-state index is -0.382. The summed E-state index contributed by atoms with van der Waals surface area (Å²) >= 11 is 0. The molecule has 1 aliphatic heterocycles. The highest BCUT2D eigenvalue weighted by atomic mass is 35.5. The Labute approximate surface area is 118 Å². The second kappa shape index (κ2) is 7.31. The predicted molar refractivity (Wildman–Crippen MR) is 72.9 cm³/mol. The number of hydrogen-bond acceptors (Lipinski definition) is 3. The number of amides is 1. The Balaban J connectivity index is 0.00000180. The van der Waals surface area contributed by atoms with Gasteiger partial charge in [0.2, 0.25) is 0 Å². The van der Waals surface area contributed by atoms with Crippen LogP contribution in [-0.4, -0.2) is 36.7 Å². The summed E-state index contributed by atoms with van der Waals surface area (Å²) in [6.07, 6.45) is -0.382. The summed E-state index contributed by atoms with van der Waals surface area (Å²) in [5.41, 5.74) is 0.397. The normalized spacial score (nSPS) is 18.6. The first-order chi connectivity index (χ1) is 8.68. The molecule has 0 spiro atoms. The summed E-state index contributed by atoms with van der Waals surface area (Å²) in [6.45, 7) is 4.07. The highest BCUT2D eigenvalue weighted by Crippen LogP contribution is 2.10. The van der Waals surface area contributed by atoms with Crippen LogP contribution in [0.3, 0.4) is 0 Å². The second-order valence-electron chi connectivity index (χ2n) is 4.39. The molecular formula is C13H18ClFN2O2. The lowest BCUT2D eigenvalue weighted by molar-refractivity contribution is 0.0752. The van der Waals surface area contributed by atoms with Gasteiger partial charge in [0.05, 0.1) is 0 Å². The first-order valence-electron chi connectivity index (χ1n) is 6.06. The Hall–Kier alpha value is -1.33. The fraction of sp³-hybridized carbons (Fsp3) is 0.462. The molecule has 1 aromatic rings. The maximum atomic E-state index is 13.3. The number of benzene rings is 1. The summed E-state index contributed by atoms with van der Waals surface area (Å²) in [5.74, 6) is -0.348. The van der Waals surface area contributed by atoms with Crippen LogP contribution in [0.5, 0.6) is 0 Å². The van der Waals surface area contributed by atoms with E-state index in [4.69, 9.17) is 4.74 Å². The number of ether oxygens (including phenoxy) is 1. The molecule has 0 bridgehead atoms. The lowest BCUT2D eigenvalue weighted by Gasteiger charge is -2.32. The lowest BCUT2D eigenvalue weighted by atomic mass is 10.2. The molecule has 106 valence electrons. The van der Waals surface area contributed by atoms with Gasteiger partial charge in [0.25, 0.3) is 0 Å². The average molecular weight is 289 g/mol. The minimum Gasteiger partial charge on any atom is -0.444 e. The van der Waals surface area contributed by atoms with Crippen LogP contribution in [0.2, 0.25) is 0 Å². The van der Waals surface area contributed by atoms with Gasteiger partial charge in [-0.05, 0) is 13.0 Å². The van der Waals surface area contributed by atoms with E-state index in [1.54, 1.807) is 23.1 Å². The minimum absolute atomic E-state index is 0. The zero-order valence-electron chi connectivity index (χ0n) is 10.8. The molecule has 1 atom stereocenters. The number of piperazine rings is 1. The van der Waals surface area contributed by atoms with E-state index in [1.165, 1.54) is 6.07 Å². The SMILES string of the molecule is CC1CNCCN1C(=O)OCc1ccccc1F.Cl. The Bertz CT molecular complexity index is 431. The number of carbonyl (C=O) groups is 1. The van der Waals surface area contributed by atoms with Gasteiger partial charge < -0.3 is 15.0 Å². The molecule has 1 unspecified atom stereocenters. The van der Waals surface area contributed by atoms with Gasteiger partial charge in [-0.15, -0.1) is 12.4 Å². The Morgan fingerprint density at radius 1 is 1.53 bits per heavy atom. The van der Waals surface area contributed by atoms with Crippen LogP contribution < -0.4 is 5.32 Å². The zero-order chi connectivity index (χ0) is 13.0. The van der Waals surface area contributed by atoms with E-state index in [1.807, 2.05) is 6.92 Å². The van der Waals surface area contributed by atoms with Gasteiger partial charge in [-0.25, -0.2) is 9.18 Å². The predicted octanol–water partition coefficient (Wildman–Crippen LogP) is 2.18. The monoisotopic (exact) mass is 288 g/mol. The molecule has 0 saturated carbocycles. The van der Waals surface area contributed by atoms with E-state index < -0.39 is 0 Å². The van der Waals surface area contributed by atoms with E-state index in [9.17, 15) is 9.18 Å². The molecule has 0 aromatic heterocycles. The first kappa shape index (κ1) is 15.7. The molecule has 1 aromatic carbocycles. The molecule has 1 fully saturated rings. The van der Waals surface area contributed by atoms with Crippen molar-refractivity contribution in [3.63, 3.8) is 0 Å². The molecule has 1 heterocycles. The number of rotatable bonds is 2. The van der Waals surface area contributed by atoms with Crippen molar-refractivity contribution in [2.24, 2.45) is 0 Å². The fourth-order valence-corrected chi connectivity index (χ4v) is 1.95. The maximum Gasteiger partial charge on any atom is 0.410 e. The summed E-state index contributed by atoms with van der Waals surface area (Å²) in [6, 6.07) is 6.41. The molecule has 19 heavy (non-hydrogen) atoms. The molecule has 1 amide bonds. The van der Waals surface area contributed by atoms with Crippen molar-refractivity contribution in [2.75, 3.05) is 19.6 Å². The number of halogens is 2. The van der Waals surface area contributed by atoms with Crippen molar-refractivity contribution in [3.8, 4) is 0 Å². The highest BCUT2D eigenvalue weighted by molar-refractivity contribution is 5.85. The number of carbonyl (C=O) groups excluding carboxylic acids is 1. The van der Waals surface area contributed by atoms with E-state index in [2.05, 4.69) is 5.32 Å². The van der Waals surface area contributed by atoms with Crippen molar-refractivity contribution in [3.05, 3.63) is 35.6 Å². The van der Waals surface area contributed by atoms with Gasteiger partial charge in [-0.3, -0.25) is 0 Å². The van der Waals surface area contributed by atoms with Crippen LogP contribution in [0.15, 0.2) is 24.3 Å². The van der Waals surface area contributed by atoms with E-state index >= 15 is 0 Å². The molecule has 1 N–H and O–H groups in total. The Morgan fingerprint density at radius 3 is 2.95 bits per heavy atom. The van der Waals surface area contributed by atoms with Crippen LogP contribution >= 0.6 is 12.4 Å². The van der Waals surface area contributed by atoms with Crippen LogP contribution in [0.4, 0.5) is 9.18 Å². The second-order valence-corrected chi connectivity index (χ2v) is 4.39. The first-order valence-corrected chi connectivity index (χ1v) is 6.06. The van der Waals surface area contributed by atoms with Gasteiger partial charge in [-0.1, -0.05) is 18.2 Å². The molecule has 0 aliphatic carbocycles. The van der Waals surface area contributed by atoms with Gasteiger partial charge in [0, 0.05) is 31.2 Å². The standard InChI is InChI=1S/C13H17FN2O2.ClH/c1-10-8-15-6-7-16(10)13(17)18-9-11-4-2-3-5-12(11)14;/h2-5,10,15H,6-9H2,1H3;1H.